The van der Waals surface area contributed by atoms with Crippen LogP contribution in [0, 0.1) is 6.92 Å². The second kappa shape index (κ2) is 6.80. The van der Waals surface area contributed by atoms with Gasteiger partial charge in [0.25, 0.3) is 0 Å². The Morgan fingerprint density at radius 1 is 0.958 bits per heavy atom. The van der Waals surface area contributed by atoms with Crippen molar-refractivity contribution in [3.63, 3.8) is 0 Å². The van der Waals surface area contributed by atoms with E-state index in [0.29, 0.717) is 16.9 Å². The highest BCUT2D eigenvalue weighted by Gasteiger charge is 2.16. The number of carbonyl (C=O) groups is 2. The molecule has 2 aromatic carbocycles. The third-order valence-electron chi connectivity index (χ3n) is 3.52. The number of hydrogen-bond acceptors (Lipinski definition) is 3. The molecule has 0 unspecified atom stereocenters. The first-order valence-corrected chi connectivity index (χ1v) is 8.06. The fourth-order valence-corrected chi connectivity index (χ4v) is 2.81. The topological polar surface area (TPSA) is 71.1 Å². The van der Waals surface area contributed by atoms with Gasteiger partial charge in [-0.15, -0.1) is 0 Å². The largest absolute Gasteiger partial charge is 0.318 e. The van der Waals surface area contributed by atoms with E-state index in [2.05, 4.69) is 31.5 Å². The number of halogens is 1. The maximum absolute atomic E-state index is 12.2. The summed E-state index contributed by atoms with van der Waals surface area (Å²) >= 11 is 3.36. The van der Waals surface area contributed by atoms with Crippen molar-refractivity contribution in [2.24, 2.45) is 0 Å². The van der Waals surface area contributed by atoms with Crippen molar-refractivity contribution in [1.82, 2.24) is 4.98 Å². The number of fused-ring (bicyclic) bond motifs is 1. The zero-order valence-electron chi connectivity index (χ0n) is 12.8. The zero-order chi connectivity index (χ0) is 17.1. The summed E-state index contributed by atoms with van der Waals surface area (Å²) in [6, 6.07) is 14.5. The number of aromatic nitrogens is 1. The number of rotatable bonds is 2. The number of benzene rings is 2. The highest BCUT2D eigenvalue weighted by Crippen LogP contribution is 2.22. The van der Waals surface area contributed by atoms with E-state index in [0.717, 1.165) is 15.4 Å². The quantitative estimate of drug-likeness (QED) is 0.659. The molecule has 0 radical (unpaired) electrons. The van der Waals surface area contributed by atoms with E-state index < -0.39 is 11.8 Å². The third kappa shape index (κ3) is 3.44. The summed E-state index contributed by atoms with van der Waals surface area (Å²) in [6.07, 6.45) is 1.64. The minimum absolute atomic E-state index is 0.501. The highest BCUT2D eigenvalue weighted by molar-refractivity contribution is 9.10. The van der Waals surface area contributed by atoms with Gasteiger partial charge < -0.3 is 10.6 Å². The van der Waals surface area contributed by atoms with E-state index in [-0.39, 0.29) is 0 Å². The summed E-state index contributed by atoms with van der Waals surface area (Å²) in [7, 11) is 0. The van der Waals surface area contributed by atoms with Crippen LogP contribution in [-0.4, -0.2) is 16.8 Å². The van der Waals surface area contributed by atoms with Crippen molar-refractivity contribution in [2.75, 3.05) is 10.6 Å². The second-order valence-corrected chi connectivity index (χ2v) is 6.16. The van der Waals surface area contributed by atoms with Gasteiger partial charge >= 0.3 is 11.8 Å². The van der Waals surface area contributed by atoms with Gasteiger partial charge in [-0.3, -0.25) is 14.6 Å². The molecule has 2 amide bonds. The molecule has 0 fully saturated rings. The van der Waals surface area contributed by atoms with Gasteiger partial charge in [-0.05, 0) is 42.8 Å². The van der Waals surface area contributed by atoms with Crippen LogP contribution in [-0.2, 0) is 9.59 Å². The van der Waals surface area contributed by atoms with Crippen LogP contribution < -0.4 is 10.6 Å². The molecule has 0 saturated heterocycles. The fourth-order valence-electron chi connectivity index (χ4n) is 2.33. The lowest BCUT2D eigenvalue weighted by molar-refractivity contribution is -0.132. The minimum Gasteiger partial charge on any atom is -0.318 e. The molecule has 120 valence electrons. The Morgan fingerprint density at radius 2 is 1.67 bits per heavy atom. The lowest BCUT2D eigenvalue weighted by Gasteiger charge is -2.10. The van der Waals surface area contributed by atoms with Crippen molar-refractivity contribution in [1.29, 1.82) is 0 Å². The normalized spacial score (nSPS) is 10.4. The molecule has 0 aliphatic carbocycles. The number of para-hydroxylation sites is 1. The molecule has 1 heterocycles. The Kier molecular flexibility index (Phi) is 4.57. The molecule has 3 aromatic rings. The van der Waals surface area contributed by atoms with Gasteiger partial charge in [-0.1, -0.05) is 34.1 Å². The number of carbonyl (C=O) groups excluding carboxylic acids is 2. The minimum atomic E-state index is -0.740. The van der Waals surface area contributed by atoms with E-state index in [1.165, 1.54) is 0 Å². The molecule has 5 nitrogen and oxygen atoms in total. The van der Waals surface area contributed by atoms with Crippen molar-refractivity contribution in [3.05, 3.63) is 64.8 Å². The standard InChI is InChI=1S/C18H14BrN3O2/c1-11-10-13(19)7-8-14(11)21-17(23)18(24)22-15-6-2-4-12-5-3-9-20-16(12)15/h2-10H,1H3,(H,21,23)(H,22,24). The Morgan fingerprint density at radius 3 is 2.42 bits per heavy atom. The van der Waals surface area contributed by atoms with Crippen molar-refractivity contribution in [3.8, 4) is 0 Å². The van der Waals surface area contributed by atoms with Gasteiger partial charge in [0.15, 0.2) is 0 Å². The average Bonchev–Trinajstić information content (AvgIpc) is 2.57. The van der Waals surface area contributed by atoms with Crippen molar-refractivity contribution in [2.45, 2.75) is 6.92 Å². The van der Waals surface area contributed by atoms with E-state index >= 15 is 0 Å². The Hall–Kier alpha value is -2.73. The molecule has 6 heteroatoms. The maximum Gasteiger partial charge on any atom is 0.314 e. The van der Waals surface area contributed by atoms with Gasteiger partial charge in [-0.2, -0.15) is 0 Å². The maximum atomic E-state index is 12.2. The summed E-state index contributed by atoms with van der Waals surface area (Å²) in [5.74, 6) is -1.47. The van der Waals surface area contributed by atoms with Crippen LogP contribution in [0.1, 0.15) is 5.56 Å². The molecule has 0 aliphatic heterocycles. The van der Waals surface area contributed by atoms with Gasteiger partial charge in [0.05, 0.1) is 11.2 Å². The molecule has 0 saturated carbocycles. The van der Waals surface area contributed by atoms with Crippen LogP contribution in [0.15, 0.2) is 59.2 Å². The first kappa shape index (κ1) is 16.1. The van der Waals surface area contributed by atoms with E-state index in [4.69, 9.17) is 0 Å². The molecule has 2 N–H and O–H groups in total. The summed E-state index contributed by atoms with van der Waals surface area (Å²) in [4.78, 5) is 28.6. The SMILES string of the molecule is Cc1cc(Br)ccc1NC(=O)C(=O)Nc1cccc2cccnc12. The number of anilines is 2. The number of hydrogen-bond donors (Lipinski definition) is 2. The lowest BCUT2D eigenvalue weighted by Crippen LogP contribution is -2.29. The van der Waals surface area contributed by atoms with E-state index in [1.54, 1.807) is 30.5 Å². The van der Waals surface area contributed by atoms with Crippen molar-refractivity contribution < 1.29 is 9.59 Å². The van der Waals surface area contributed by atoms with Crippen LogP contribution >= 0.6 is 15.9 Å². The molecule has 0 atom stereocenters. The van der Waals surface area contributed by atoms with Gasteiger partial charge in [-0.25, -0.2) is 0 Å². The van der Waals surface area contributed by atoms with Crippen molar-refractivity contribution >= 4 is 50.0 Å². The molecule has 3 rings (SSSR count). The molecule has 0 spiro atoms. The van der Waals surface area contributed by atoms with Gasteiger partial charge in [0.2, 0.25) is 0 Å². The van der Waals surface area contributed by atoms with E-state index in [9.17, 15) is 9.59 Å². The van der Waals surface area contributed by atoms with Crippen LogP contribution in [0.4, 0.5) is 11.4 Å². The first-order chi connectivity index (χ1) is 11.5. The highest BCUT2D eigenvalue weighted by atomic mass is 79.9. The average molecular weight is 384 g/mol. The monoisotopic (exact) mass is 383 g/mol. The molecule has 1 aromatic heterocycles. The Bertz CT molecular complexity index is 935. The predicted molar refractivity (Wildman–Crippen MR) is 97.9 cm³/mol. The first-order valence-electron chi connectivity index (χ1n) is 7.27. The number of nitrogens with one attached hydrogen (secondary N) is 2. The smallest absolute Gasteiger partial charge is 0.314 e. The van der Waals surface area contributed by atoms with Gasteiger partial charge in [0, 0.05) is 21.7 Å². The Labute approximate surface area is 147 Å². The summed E-state index contributed by atoms with van der Waals surface area (Å²) in [6.45, 7) is 1.85. The molecule has 0 bridgehead atoms. The number of nitrogens with zero attached hydrogens (tertiary/aromatic N) is 1. The van der Waals surface area contributed by atoms with Crippen LogP contribution in [0.5, 0.6) is 0 Å². The second-order valence-electron chi connectivity index (χ2n) is 5.25. The third-order valence-corrected chi connectivity index (χ3v) is 4.02. The van der Waals surface area contributed by atoms with Crippen LogP contribution in [0.2, 0.25) is 0 Å². The lowest BCUT2D eigenvalue weighted by atomic mass is 10.2. The molecule has 24 heavy (non-hydrogen) atoms. The van der Waals surface area contributed by atoms with Crippen LogP contribution in [0.3, 0.4) is 0 Å². The number of pyridine rings is 1. The summed E-state index contributed by atoms with van der Waals surface area (Å²) < 4.78 is 0.907. The molecular weight excluding hydrogens is 370 g/mol. The van der Waals surface area contributed by atoms with Gasteiger partial charge in [0.1, 0.15) is 0 Å². The molecular formula is C18H14BrN3O2. The van der Waals surface area contributed by atoms with E-state index in [1.807, 2.05) is 31.2 Å². The predicted octanol–water partition coefficient (Wildman–Crippen LogP) is 3.88. The van der Waals surface area contributed by atoms with Crippen LogP contribution in [0.25, 0.3) is 10.9 Å². The zero-order valence-corrected chi connectivity index (χ0v) is 14.4. The summed E-state index contributed by atoms with van der Waals surface area (Å²) in [5, 5.41) is 6.11. The number of amides is 2. The fraction of sp³-hybridized carbons (Fsp3) is 0.0556. The molecule has 0 aliphatic rings. The summed E-state index contributed by atoms with van der Waals surface area (Å²) in [5.41, 5.74) is 2.59. The number of aryl methyl sites for hydroxylation is 1. The Balaban J connectivity index is 1.77.